The molecule has 8 heteroatoms. The normalized spacial score (nSPS) is 10.9. The van der Waals surface area contributed by atoms with Crippen LogP contribution in [0.3, 0.4) is 0 Å². The second-order valence-electron chi connectivity index (χ2n) is 6.90. The third-order valence-electron chi connectivity index (χ3n) is 4.57. The standard InChI is InChI=1S/C21H24N4O3S/c1-4-5-6-10-25-12-22-20-17(21(25)28)13(2)18(29-20)19(27)24-16-9-7-8-15(11-16)23-14(3)26/h7-9,11-12H,4-6,10H2,1-3H3,(H,23,26)(H,24,27). The maximum atomic E-state index is 12.8. The molecule has 3 aromatic rings. The van der Waals surface area contributed by atoms with E-state index in [1.807, 2.05) is 0 Å². The van der Waals surface area contributed by atoms with Crippen molar-refractivity contribution >= 4 is 44.7 Å². The van der Waals surface area contributed by atoms with Gasteiger partial charge in [0.25, 0.3) is 11.5 Å². The molecule has 0 aliphatic heterocycles. The summed E-state index contributed by atoms with van der Waals surface area (Å²) in [6.07, 6.45) is 4.62. The Bertz CT molecular complexity index is 1120. The van der Waals surface area contributed by atoms with Crippen molar-refractivity contribution in [1.82, 2.24) is 9.55 Å². The molecule has 0 radical (unpaired) electrons. The fourth-order valence-corrected chi connectivity index (χ4v) is 4.17. The van der Waals surface area contributed by atoms with Gasteiger partial charge in [0.15, 0.2) is 0 Å². The third kappa shape index (κ3) is 4.71. The summed E-state index contributed by atoms with van der Waals surface area (Å²) in [7, 11) is 0. The van der Waals surface area contributed by atoms with Crippen molar-refractivity contribution in [1.29, 1.82) is 0 Å². The van der Waals surface area contributed by atoms with E-state index in [9.17, 15) is 14.4 Å². The number of nitrogens with zero attached hydrogens (tertiary/aromatic N) is 2. The number of carbonyl (C=O) groups is 2. The molecule has 2 heterocycles. The van der Waals surface area contributed by atoms with Crippen molar-refractivity contribution in [2.75, 3.05) is 10.6 Å². The molecule has 2 N–H and O–H groups in total. The predicted molar refractivity (Wildman–Crippen MR) is 117 cm³/mol. The van der Waals surface area contributed by atoms with Crippen molar-refractivity contribution in [2.45, 2.75) is 46.6 Å². The molecule has 0 saturated heterocycles. The van der Waals surface area contributed by atoms with Crippen LogP contribution in [0.2, 0.25) is 0 Å². The maximum Gasteiger partial charge on any atom is 0.266 e. The highest BCUT2D eigenvalue weighted by Gasteiger charge is 2.19. The van der Waals surface area contributed by atoms with Crippen LogP contribution in [0.4, 0.5) is 11.4 Å². The molecule has 0 aliphatic rings. The van der Waals surface area contributed by atoms with Crippen LogP contribution in [0.1, 0.15) is 48.3 Å². The summed E-state index contributed by atoms with van der Waals surface area (Å²) >= 11 is 1.21. The molecule has 0 aliphatic carbocycles. The minimum absolute atomic E-state index is 0.105. The van der Waals surface area contributed by atoms with E-state index in [4.69, 9.17) is 0 Å². The molecule has 0 atom stereocenters. The smallest absolute Gasteiger partial charge is 0.266 e. The Morgan fingerprint density at radius 1 is 1.17 bits per heavy atom. The van der Waals surface area contributed by atoms with Crippen LogP contribution < -0.4 is 16.2 Å². The Morgan fingerprint density at radius 2 is 1.90 bits per heavy atom. The van der Waals surface area contributed by atoms with E-state index >= 15 is 0 Å². The Hall–Kier alpha value is -3.00. The number of nitrogens with one attached hydrogen (secondary N) is 2. The monoisotopic (exact) mass is 412 g/mol. The number of benzene rings is 1. The number of hydrogen-bond donors (Lipinski definition) is 2. The number of thiophene rings is 1. The maximum absolute atomic E-state index is 12.8. The van der Waals surface area contributed by atoms with Crippen LogP contribution >= 0.6 is 11.3 Å². The van der Waals surface area contributed by atoms with Crippen molar-refractivity contribution in [3.63, 3.8) is 0 Å². The number of anilines is 2. The fraction of sp³-hybridized carbons (Fsp3) is 0.333. The lowest BCUT2D eigenvalue weighted by atomic mass is 10.2. The summed E-state index contributed by atoms with van der Waals surface area (Å²) in [4.78, 5) is 42.3. The van der Waals surface area contributed by atoms with Gasteiger partial charge in [-0.15, -0.1) is 11.3 Å². The van der Waals surface area contributed by atoms with Crippen LogP contribution in [0.25, 0.3) is 10.2 Å². The van der Waals surface area contributed by atoms with Gasteiger partial charge in [0.2, 0.25) is 5.91 Å². The van der Waals surface area contributed by atoms with Crippen molar-refractivity contribution in [2.24, 2.45) is 0 Å². The lowest BCUT2D eigenvalue weighted by molar-refractivity contribution is -0.114. The number of amides is 2. The molecule has 3 rings (SSSR count). The Labute approximate surface area is 172 Å². The van der Waals surface area contributed by atoms with Gasteiger partial charge in [-0.2, -0.15) is 0 Å². The van der Waals surface area contributed by atoms with Crippen LogP contribution in [-0.2, 0) is 11.3 Å². The van der Waals surface area contributed by atoms with Crippen molar-refractivity contribution in [3.05, 3.63) is 51.4 Å². The summed E-state index contributed by atoms with van der Waals surface area (Å²) in [5.74, 6) is -0.488. The average molecular weight is 413 g/mol. The number of hydrogen-bond acceptors (Lipinski definition) is 5. The lowest BCUT2D eigenvalue weighted by Crippen LogP contribution is -2.20. The van der Waals surface area contributed by atoms with Gasteiger partial charge < -0.3 is 10.6 Å². The Morgan fingerprint density at radius 3 is 2.59 bits per heavy atom. The first kappa shape index (κ1) is 20.7. The number of unbranched alkanes of at least 4 members (excludes halogenated alkanes) is 2. The highest BCUT2D eigenvalue weighted by molar-refractivity contribution is 7.20. The molecule has 2 amide bonds. The topological polar surface area (TPSA) is 93.1 Å². The van der Waals surface area contributed by atoms with Gasteiger partial charge in [-0.05, 0) is 37.1 Å². The second kappa shape index (κ2) is 9.00. The van der Waals surface area contributed by atoms with Crippen LogP contribution in [-0.4, -0.2) is 21.4 Å². The summed E-state index contributed by atoms with van der Waals surface area (Å²) < 4.78 is 1.62. The average Bonchev–Trinajstić information content (AvgIpc) is 3.01. The first-order chi connectivity index (χ1) is 13.9. The zero-order valence-electron chi connectivity index (χ0n) is 16.7. The highest BCUT2D eigenvalue weighted by atomic mass is 32.1. The molecule has 1 aromatic carbocycles. The number of carbonyl (C=O) groups excluding carboxylic acids is 2. The van der Waals surface area contributed by atoms with Crippen LogP contribution in [0.15, 0.2) is 35.4 Å². The predicted octanol–water partition coefficient (Wildman–Crippen LogP) is 4.17. The first-order valence-corrected chi connectivity index (χ1v) is 10.4. The van der Waals surface area contributed by atoms with Gasteiger partial charge in [-0.3, -0.25) is 19.0 Å². The molecule has 0 spiro atoms. The quantitative estimate of drug-likeness (QED) is 0.570. The van der Waals surface area contributed by atoms with E-state index in [0.717, 1.165) is 19.3 Å². The minimum atomic E-state index is -0.303. The summed E-state index contributed by atoms with van der Waals surface area (Å²) in [5.41, 5.74) is 1.69. The van der Waals surface area contributed by atoms with E-state index in [2.05, 4.69) is 22.5 Å². The molecule has 7 nitrogen and oxygen atoms in total. The molecule has 152 valence electrons. The SMILES string of the molecule is CCCCCn1cnc2sc(C(=O)Nc3cccc(NC(C)=O)c3)c(C)c2c1=O. The molecular weight excluding hydrogens is 388 g/mol. The number of aromatic nitrogens is 2. The molecule has 0 saturated carbocycles. The fourth-order valence-electron chi connectivity index (χ4n) is 3.13. The van der Waals surface area contributed by atoms with Crippen LogP contribution in [0.5, 0.6) is 0 Å². The van der Waals surface area contributed by atoms with Crippen LogP contribution in [0, 0.1) is 6.92 Å². The minimum Gasteiger partial charge on any atom is -0.326 e. The second-order valence-corrected chi connectivity index (χ2v) is 7.90. The van der Waals surface area contributed by atoms with E-state index in [0.29, 0.717) is 38.6 Å². The highest BCUT2D eigenvalue weighted by Crippen LogP contribution is 2.28. The number of fused-ring (bicyclic) bond motifs is 1. The molecule has 0 bridgehead atoms. The third-order valence-corrected chi connectivity index (χ3v) is 5.77. The largest absolute Gasteiger partial charge is 0.326 e. The molecule has 2 aromatic heterocycles. The Balaban J connectivity index is 1.87. The molecule has 0 fully saturated rings. The van der Waals surface area contributed by atoms with Gasteiger partial charge in [0.05, 0.1) is 16.6 Å². The van der Waals surface area contributed by atoms with Crippen molar-refractivity contribution < 1.29 is 9.59 Å². The number of rotatable bonds is 7. The summed E-state index contributed by atoms with van der Waals surface area (Å²) in [6, 6.07) is 6.91. The summed E-state index contributed by atoms with van der Waals surface area (Å²) in [6.45, 7) is 5.95. The molecule has 0 unspecified atom stereocenters. The molecular formula is C21H24N4O3S. The van der Waals surface area contributed by atoms with E-state index in [-0.39, 0.29) is 17.4 Å². The molecule has 29 heavy (non-hydrogen) atoms. The lowest BCUT2D eigenvalue weighted by Gasteiger charge is -2.07. The number of aryl methyl sites for hydroxylation is 2. The van der Waals surface area contributed by atoms with E-state index in [1.54, 1.807) is 42.1 Å². The van der Waals surface area contributed by atoms with Crippen molar-refractivity contribution in [3.8, 4) is 0 Å². The van der Waals surface area contributed by atoms with Gasteiger partial charge in [-0.1, -0.05) is 25.8 Å². The summed E-state index contributed by atoms with van der Waals surface area (Å²) in [5, 5.41) is 6.02. The zero-order chi connectivity index (χ0) is 21.0. The zero-order valence-corrected chi connectivity index (χ0v) is 17.6. The van der Waals surface area contributed by atoms with Gasteiger partial charge >= 0.3 is 0 Å². The van der Waals surface area contributed by atoms with Gasteiger partial charge in [0, 0.05) is 24.8 Å². The van der Waals surface area contributed by atoms with E-state index < -0.39 is 0 Å². The first-order valence-electron chi connectivity index (χ1n) is 9.58. The van der Waals surface area contributed by atoms with Gasteiger partial charge in [0.1, 0.15) is 4.83 Å². The van der Waals surface area contributed by atoms with Gasteiger partial charge in [-0.25, -0.2) is 4.98 Å². The van der Waals surface area contributed by atoms with E-state index in [1.165, 1.54) is 18.3 Å². The Kier molecular flexibility index (Phi) is 6.43.